The number of benzene rings is 1. The Morgan fingerprint density at radius 3 is 2.62 bits per heavy atom. The number of nitrogens with one attached hydrogen (secondary N) is 2. The number of pyridine rings is 1. The van der Waals surface area contributed by atoms with Crippen LogP contribution in [-0.2, 0) is 11.2 Å². The van der Waals surface area contributed by atoms with Crippen LogP contribution in [0.25, 0.3) is 0 Å². The number of rotatable bonds is 7. The van der Waals surface area contributed by atoms with E-state index in [2.05, 4.69) is 15.2 Å². The molecule has 0 saturated carbocycles. The van der Waals surface area contributed by atoms with Crippen LogP contribution >= 0.6 is 23.4 Å². The zero-order valence-electron chi connectivity index (χ0n) is 23.5. The molecule has 37 heavy (non-hydrogen) atoms. The van der Waals surface area contributed by atoms with E-state index in [1.807, 2.05) is 6.92 Å². The number of ether oxygens (including phenoxy) is 3. The predicted octanol–water partition coefficient (Wildman–Crippen LogP) is 4.29. The number of aromatic amines is 1. The van der Waals surface area contributed by atoms with Gasteiger partial charge in [0.25, 0.3) is 17.3 Å². The molecular weight excluding hydrogens is 514 g/mol. The monoisotopic (exact) mass is 549 g/mol. The SMILES string of the molecule is [2H]C([2H])(NC(=O)c1cc(Cl)c2c(c1C)OC(C)(C1CCN(C[C@@H]3CCO3)CC1)O2)c1c(SC)cc(C)[nH]c1=O. The maximum atomic E-state index is 13.4. The van der Waals surface area contributed by atoms with Crippen molar-refractivity contribution in [2.45, 2.75) is 63.3 Å². The first-order chi connectivity index (χ1) is 18.4. The molecule has 2 atom stereocenters. The van der Waals surface area contributed by atoms with Crippen LogP contribution in [-0.4, -0.2) is 60.2 Å². The van der Waals surface area contributed by atoms with E-state index >= 15 is 0 Å². The van der Waals surface area contributed by atoms with Crippen LogP contribution in [0, 0.1) is 19.8 Å². The van der Waals surface area contributed by atoms with Gasteiger partial charge in [-0.05, 0) is 64.6 Å². The predicted molar refractivity (Wildman–Crippen MR) is 144 cm³/mol. The van der Waals surface area contributed by atoms with Crippen molar-refractivity contribution in [3.63, 3.8) is 0 Å². The number of amides is 1. The lowest BCUT2D eigenvalue weighted by atomic mass is 9.89. The molecule has 1 aromatic carbocycles. The van der Waals surface area contributed by atoms with Gasteiger partial charge in [-0.2, -0.15) is 0 Å². The molecule has 2 N–H and O–H groups in total. The first-order valence-electron chi connectivity index (χ1n) is 13.6. The lowest BCUT2D eigenvalue weighted by molar-refractivity contribution is -0.129. The van der Waals surface area contributed by atoms with Crippen LogP contribution in [0.15, 0.2) is 21.8 Å². The van der Waals surface area contributed by atoms with E-state index < -0.39 is 23.8 Å². The molecule has 2 aromatic rings. The normalized spacial score (nSPS) is 24.8. The Morgan fingerprint density at radius 1 is 1.27 bits per heavy atom. The number of hydrogen-bond acceptors (Lipinski definition) is 7. The third kappa shape index (κ3) is 5.24. The van der Waals surface area contributed by atoms with Gasteiger partial charge in [-0.25, -0.2) is 0 Å². The zero-order chi connectivity index (χ0) is 28.1. The Bertz CT molecular complexity index is 1340. The summed E-state index contributed by atoms with van der Waals surface area (Å²) in [6.07, 6.45) is 5.00. The number of fused-ring (bicyclic) bond motifs is 1. The van der Waals surface area contributed by atoms with Crippen LogP contribution in [0.4, 0.5) is 0 Å². The van der Waals surface area contributed by atoms with Crippen molar-refractivity contribution in [1.29, 1.82) is 0 Å². The topological polar surface area (TPSA) is 92.9 Å². The molecule has 0 aliphatic carbocycles. The average molecular weight is 550 g/mol. The number of aryl methyl sites for hydroxylation is 1. The molecule has 8 nitrogen and oxygen atoms in total. The van der Waals surface area contributed by atoms with E-state index in [9.17, 15) is 9.59 Å². The Labute approximate surface area is 229 Å². The third-order valence-corrected chi connectivity index (χ3v) is 8.57. The van der Waals surface area contributed by atoms with Gasteiger partial charge in [0, 0.05) is 59.8 Å². The maximum absolute atomic E-state index is 13.4. The largest absolute Gasteiger partial charge is 0.448 e. The van der Waals surface area contributed by atoms with Gasteiger partial charge in [0.1, 0.15) is 0 Å². The Hall–Kier alpha value is -2.20. The van der Waals surface area contributed by atoms with Gasteiger partial charge in [-0.15, -0.1) is 11.8 Å². The number of halogens is 1. The fourth-order valence-corrected chi connectivity index (χ4v) is 6.10. The number of carbonyl (C=O) groups is 1. The maximum Gasteiger partial charge on any atom is 0.254 e. The quantitative estimate of drug-likeness (QED) is 0.498. The minimum absolute atomic E-state index is 0.128. The van der Waals surface area contributed by atoms with Crippen LogP contribution in [0.5, 0.6) is 11.5 Å². The molecule has 200 valence electrons. The summed E-state index contributed by atoms with van der Waals surface area (Å²) in [6, 6.07) is 3.15. The fraction of sp³-hybridized carbons (Fsp3) is 0.556. The second-order valence-electron chi connectivity index (χ2n) is 10.1. The molecule has 3 aliphatic heterocycles. The molecule has 5 rings (SSSR count). The lowest BCUT2D eigenvalue weighted by Crippen LogP contribution is -2.50. The van der Waals surface area contributed by atoms with Crippen LogP contribution in [0.1, 0.15) is 56.1 Å². The molecule has 0 bridgehead atoms. The van der Waals surface area contributed by atoms with Crippen molar-refractivity contribution in [2.24, 2.45) is 5.92 Å². The highest BCUT2D eigenvalue weighted by molar-refractivity contribution is 7.98. The number of hydrogen-bond donors (Lipinski definition) is 2. The third-order valence-electron chi connectivity index (χ3n) is 7.53. The van der Waals surface area contributed by atoms with Gasteiger partial charge < -0.3 is 29.4 Å². The standard InChI is InChI=1S/C27H34ClN3O5S/c1-15-11-22(37-4)20(26(33)30-15)13-29-25(32)19-12-21(28)24-23(16(19)2)35-27(3,36-24)17-5-8-31(9-6-17)14-18-7-10-34-18/h11-12,17-18H,5-10,13-14H2,1-4H3,(H,29,32)(H,30,33)/t18-,27?/m0/s1/i13D2. The van der Waals surface area contributed by atoms with E-state index in [0.717, 1.165) is 45.5 Å². The smallest absolute Gasteiger partial charge is 0.254 e. The van der Waals surface area contributed by atoms with Crippen molar-refractivity contribution in [3.8, 4) is 11.5 Å². The highest BCUT2D eigenvalue weighted by Crippen LogP contribution is 2.51. The number of nitrogens with zero attached hydrogens (tertiary/aromatic N) is 1. The van der Waals surface area contributed by atoms with Crippen LogP contribution in [0.2, 0.25) is 5.02 Å². The van der Waals surface area contributed by atoms with Crippen molar-refractivity contribution in [2.75, 3.05) is 32.5 Å². The highest BCUT2D eigenvalue weighted by Gasteiger charge is 2.47. The first-order valence-corrected chi connectivity index (χ1v) is 14.2. The Kier molecular flexibility index (Phi) is 6.79. The van der Waals surface area contributed by atoms with Crippen molar-refractivity contribution in [3.05, 3.63) is 49.9 Å². The first kappa shape index (κ1) is 23.9. The van der Waals surface area contributed by atoms with Gasteiger partial charge in [0.2, 0.25) is 0 Å². The van der Waals surface area contributed by atoms with Gasteiger partial charge in [0.05, 0.1) is 13.9 Å². The van der Waals surface area contributed by atoms with Crippen molar-refractivity contribution >= 4 is 29.3 Å². The van der Waals surface area contributed by atoms with Gasteiger partial charge in [0.15, 0.2) is 11.5 Å². The number of H-pyrrole nitrogens is 1. The summed E-state index contributed by atoms with van der Waals surface area (Å²) in [4.78, 5) is 31.5. The summed E-state index contributed by atoms with van der Waals surface area (Å²) >= 11 is 7.82. The fourth-order valence-electron chi connectivity index (χ4n) is 5.23. The number of piperidine rings is 1. The van der Waals surface area contributed by atoms with E-state index in [0.29, 0.717) is 33.8 Å². The number of carbonyl (C=O) groups excluding carboxylic acids is 1. The molecule has 10 heteroatoms. The number of aromatic nitrogens is 1. The molecule has 0 spiro atoms. The second kappa shape index (κ2) is 10.5. The lowest BCUT2D eigenvalue weighted by Gasteiger charge is -2.40. The molecule has 1 amide bonds. The van der Waals surface area contributed by atoms with Gasteiger partial charge >= 0.3 is 0 Å². The minimum Gasteiger partial charge on any atom is -0.448 e. The molecule has 0 radical (unpaired) electrons. The highest BCUT2D eigenvalue weighted by atomic mass is 35.5. The van der Waals surface area contributed by atoms with Crippen LogP contribution < -0.4 is 20.3 Å². The Morgan fingerprint density at radius 2 is 1.97 bits per heavy atom. The second-order valence-corrected chi connectivity index (χ2v) is 11.3. The van der Waals surface area contributed by atoms with Gasteiger partial charge in [-0.1, -0.05) is 11.6 Å². The molecule has 2 saturated heterocycles. The van der Waals surface area contributed by atoms with Crippen molar-refractivity contribution in [1.82, 2.24) is 15.2 Å². The molecule has 3 aliphatic rings. The summed E-state index contributed by atoms with van der Waals surface area (Å²) in [5.41, 5.74) is 0.511. The number of thioether (sulfide) groups is 1. The Balaban J connectivity index is 1.34. The summed E-state index contributed by atoms with van der Waals surface area (Å²) in [5.74, 6) is -0.733. The molecular formula is C27H34ClN3O5S. The van der Waals surface area contributed by atoms with Crippen molar-refractivity contribution < 1.29 is 21.7 Å². The number of likely N-dealkylation sites (tertiary alicyclic amines) is 1. The molecule has 1 aromatic heterocycles. The van der Waals surface area contributed by atoms with Gasteiger partial charge in [-0.3, -0.25) is 9.59 Å². The average Bonchev–Trinajstić information content (AvgIpc) is 3.22. The summed E-state index contributed by atoms with van der Waals surface area (Å²) in [6.45, 7) is 6.58. The van der Waals surface area contributed by atoms with E-state index in [1.165, 1.54) is 17.8 Å². The van der Waals surface area contributed by atoms with E-state index in [-0.39, 0.29) is 22.1 Å². The van der Waals surface area contributed by atoms with E-state index in [1.54, 1.807) is 26.2 Å². The summed E-state index contributed by atoms with van der Waals surface area (Å²) in [7, 11) is 0. The van der Waals surface area contributed by atoms with Crippen LogP contribution in [0.3, 0.4) is 0 Å². The summed E-state index contributed by atoms with van der Waals surface area (Å²) in [5, 5.41) is 2.60. The molecule has 2 fully saturated rings. The molecule has 1 unspecified atom stereocenters. The minimum atomic E-state index is -2.43. The zero-order valence-corrected chi connectivity index (χ0v) is 23.1. The van der Waals surface area contributed by atoms with E-state index in [4.69, 9.17) is 28.6 Å². The summed E-state index contributed by atoms with van der Waals surface area (Å²) < 4.78 is 35.4. The molecule has 4 heterocycles.